The zero-order chi connectivity index (χ0) is 18.0. The molecule has 0 bridgehead atoms. The summed E-state index contributed by atoms with van der Waals surface area (Å²) in [5.74, 6) is -0.990. The standard InChI is InChI=1S/C15H17FN4O5/c1-9(21)24-12-4-3-7-23-14(12)25-13-8-10(16)5-6-11(13)20-15(22)19(2)17-18-20/h5-6,8,12,14H,3-4,7H2,1-2H3/t12-,14?/m0/s1. The van der Waals surface area contributed by atoms with Crippen LogP contribution in [-0.2, 0) is 21.3 Å². The van der Waals surface area contributed by atoms with Gasteiger partial charge in [0.15, 0.2) is 11.9 Å². The number of hydrogen-bond donors (Lipinski definition) is 0. The van der Waals surface area contributed by atoms with Crippen molar-refractivity contribution in [1.29, 1.82) is 0 Å². The van der Waals surface area contributed by atoms with E-state index in [9.17, 15) is 14.0 Å². The van der Waals surface area contributed by atoms with Crippen molar-refractivity contribution in [1.82, 2.24) is 19.8 Å². The molecule has 1 aliphatic heterocycles. The van der Waals surface area contributed by atoms with Crippen molar-refractivity contribution < 1.29 is 23.4 Å². The number of ether oxygens (including phenoxy) is 3. The molecule has 0 saturated carbocycles. The summed E-state index contributed by atoms with van der Waals surface area (Å²) in [6.07, 6.45) is -0.274. The maximum atomic E-state index is 13.7. The van der Waals surface area contributed by atoms with E-state index in [4.69, 9.17) is 14.2 Å². The number of halogens is 1. The number of tetrazole rings is 1. The molecule has 134 valence electrons. The van der Waals surface area contributed by atoms with E-state index in [0.717, 1.165) is 15.4 Å². The van der Waals surface area contributed by atoms with Crippen LogP contribution < -0.4 is 10.4 Å². The zero-order valence-electron chi connectivity index (χ0n) is 13.7. The molecule has 1 saturated heterocycles. The number of esters is 1. The third-order valence-corrected chi connectivity index (χ3v) is 3.65. The Hall–Kier alpha value is -2.75. The summed E-state index contributed by atoms with van der Waals surface area (Å²) < 4.78 is 32.1. The van der Waals surface area contributed by atoms with Crippen molar-refractivity contribution in [3.05, 3.63) is 34.5 Å². The van der Waals surface area contributed by atoms with Crippen LogP contribution in [0.15, 0.2) is 23.0 Å². The quantitative estimate of drug-likeness (QED) is 0.741. The van der Waals surface area contributed by atoms with Crippen molar-refractivity contribution in [3.8, 4) is 11.4 Å². The largest absolute Gasteiger partial charge is 0.458 e. The van der Waals surface area contributed by atoms with E-state index in [0.29, 0.717) is 19.4 Å². The molecule has 1 aromatic heterocycles. The molecule has 25 heavy (non-hydrogen) atoms. The third-order valence-electron chi connectivity index (χ3n) is 3.65. The number of hydrogen-bond acceptors (Lipinski definition) is 7. The fraction of sp³-hybridized carbons (Fsp3) is 0.467. The van der Waals surface area contributed by atoms with Crippen molar-refractivity contribution in [3.63, 3.8) is 0 Å². The highest BCUT2D eigenvalue weighted by Gasteiger charge is 2.31. The van der Waals surface area contributed by atoms with Crippen LogP contribution in [0.5, 0.6) is 5.75 Å². The minimum Gasteiger partial charge on any atom is -0.458 e. The summed E-state index contributed by atoms with van der Waals surface area (Å²) in [6.45, 7) is 1.70. The van der Waals surface area contributed by atoms with Crippen LogP contribution in [-0.4, -0.2) is 44.8 Å². The Kier molecular flexibility index (Phi) is 4.79. The number of rotatable bonds is 4. The lowest BCUT2D eigenvalue weighted by molar-refractivity contribution is -0.195. The van der Waals surface area contributed by atoms with Gasteiger partial charge in [0.05, 0.1) is 6.61 Å². The lowest BCUT2D eigenvalue weighted by Gasteiger charge is -2.31. The van der Waals surface area contributed by atoms with Crippen LogP contribution in [0.3, 0.4) is 0 Å². The van der Waals surface area contributed by atoms with E-state index in [1.54, 1.807) is 0 Å². The summed E-state index contributed by atoms with van der Waals surface area (Å²) in [5.41, 5.74) is -0.312. The summed E-state index contributed by atoms with van der Waals surface area (Å²) in [6, 6.07) is 3.64. The number of nitrogens with zero attached hydrogens (tertiary/aromatic N) is 4. The molecule has 0 amide bonds. The molecule has 0 radical (unpaired) electrons. The first-order valence-corrected chi connectivity index (χ1v) is 7.70. The first-order chi connectivity index (χ1) is 12.0. The van der Waals surface area contributed by atoms with Crippen molar-refractivity contribution in [2.24, 2.45) is 7.05 Å². The summed E-state index contributed by atoms with van der Waals surface area (Å²) >= 11 is 0. The van der Waals surface area contributed by atoms with Gasteiger partial charge in [-0.25, -0.2) is 9.18 Å². The molecule has 2 aromatic rings. The van der Waals surface area contributed by atoms with E-state index in [2.05, 4.69) is 10.4 Å². The fourth-order valence-electron chi connectivity index (χ4n) is 2.51. The number of carbonyl (C=O) groups is 1. The van der Waals surface area contributed by atoms with Gasteiger partial charge in [0.1, 0.15) is 11.5 Å². The maximum Gasteiger partial charge on any atom is 0.368 e. The molecule has 2 atom stereocenters. The molecule has 0 N–H and O–H groups in total. The van der Waals surface area contributed by atoms with E-state index < -0.39 is 29.9 Å². The molecular weight excluding hydrogens is 335 g/mol. The fourth-order valence-corrected chi connectivity index (χ4v) is 2.51. The molecule has 10 heteroatoms. The minimum atomic E-state index is -0.912. The minimum absolute atomic E-state index is 0.0339. The predicted octanol–water partition coefficient (Wildman–Crippen LogP) is 0.552. The van der Waals surface area contributed by atoms with E-state index >= 15 is 0 Å². The SMILES string of the molecule is CC(=O)O[C@H]1CCCOC1Oc1cc(F)ccc1-n1nnn(C)c1=O. The van der Waals surface area contributed by atoms with E-state index in [1.165, 1.54) is 26.1 Å². The highest BCUT2D eigenvalue weighted by molar-refractivity contribution is 5.66. The third kappa shape index (κ3) is 3.68. The Morgan fingerprint density at radius 3 is 2.88 bits per heavy atom. The van der Waals surface area contributed by atoms with Crippen molar-refractivity contribution in [2.75, 3.05) is 6.61 Å². The Balaban J connectivity index is 1.93. The molecule has 1 unspecified atom stereocenters. The second kappa shape index (κ2) is 7.01. The summed E-state index contributed by atoms with van der Waals surface area (Å²) in [4.78, 5) is 23.3. The molecule has 3 rings (SSSR count). The highest BCUT2D eigenvalue weighted by atomic mass is 19.1. The van der Waals surface area contributed by atoms with Crippen LogP contribution >= 0.6 is 0 Å². The molecule has 0 aliphatic carbocycles. The molecule has 9 nitrogen and oxygen atoms in total. The molecule has 0 spiro atoms. The smallest absolute Gasteiger partial charge is 0.368 e. The van der Waals surface area contributed by atoms with Gasteiger partial charge in [-0.2, -0.15) is 9.36 Å². The second-order valence-corrected chi connectivity index (χ2v) is 5.56. The summed E-state index contributed by atoms with van der Waals surface area (Å²) in [7, 11) is 1.44. The number of carbonyl (C=O) groups excluding carboxylic acids is 1. The Morgan fingerprint density at radius 2 is 2.20 bits per heavy atom. The number of aryl methyl sites for hydroxylation is 1. The van der Waals surface area contributed by atoms with Crippen LogP contribution in [0, 0.1) is 5.82 Å². The van der Waals surface area contributed by atoms with Gasteiger partial charge in [-0.3, -0.25) is 4.79 Å². The van der Waals surface area contributed by atoms with Gasteiger partial charge in [0, 0.05) is 20.0 Å². The van der Waals surface area contributed by atoms with Crippen LogP contribution in [0.2, 0.25) is 0 Å². The predicted molar refractivity (Wildman–Crippen MR) is 81.7 cm³/mol. The average Bonchev–Trinajstić information content (AvgIpc) is 2.89. The van der Waals surface area contributed by atoms with Crippen molar-refractivity contribution >= 4 is 5.97 Å². The van der Waals surface area contributed by atoms with Crippen LogP contribution in [0.1, 0.15) is 19.8 Å². The Morgan fingerprint density at radius 1 is 1.40 bits per heavy atom. The van der Waals surface area contributed by atoms with Gasteiger partial charge in [-0.1, -0.05) is 0 Å². The number of benzene rings is 1. The molecule has 1 aliphatic rings. The van der Waals surface area contributed by atoms with Gasteiger partial charge in [-0.15, -0.1) is 0 Å². The summed E-state index contributed by atoms with van der Waals surface area (Å²) in [5, 5.41) is 7.35. The monoisotopic (exact) mass is 352 g/mol. The lowest BCUT2D eigenvalue weighted by Crippen LogP contribution is -2.41. The van der Waals surface area contributed by atoms with Gasteiger partial charge in [-0.05, 0) is 35.4 Å². The Labute approximate surface area is 141 Å². The van der Waals surface area contributed by atoms with Crippen LogP contribution in [0.25, 0.3) is 5.69 Å². The van der Waals surface area contributed by atoms with E-state index in [-0.39, 0.29) is 11.4 Å². The zero-order valence-corrected chi connectivity index (χ0v) is 13.7. The first-order valence-electron chi connectivity index (χ1n) is 7.70. The van der Waals surface area contributed by atoms with Gasteiger partial charge in [0.25, 0.3) is 0 Å². The average molecular weight is 352 g/mol. The molecular formula is C15H17FN4O5. The topological polar surface area (TPSA) is 97.5 Å². The van der Waals surface area contributed by atoms with E-state index in [1.807, 2.05) is 0 Å². The van der Waals surface area contributed by atoms with Gasteiger partial charge >= 0.3 is 11.7 Å². The lowest BCUT2D eigenvalue weighted by atomic mass is 10.1. The second-order valence-electron chi connectivity index (χ2n) is 5.56. The molecule has 1 aromatic carbocycles. The Bertz CT molecular complexity index is 834. The van der Waals surface area contributed by atoms with Crippen LogP contribution in [0.4, 0.5) is 4.39 Å². The van der Waals surface area contributed by atoms with Gasteiger partial charge < -0.3 is 14.2 Å². The molecule has 2 heterocycles. The molecule has 1 fully saturated rings. The highest BCUT2D eigenvalue weighted by Crippen LogP contribution is 2.27. The van der Waals surface area contributed by atoms with Gasteiger partial charge in [0.2, 0.25) is 6.29 Å². The van der Waals surface area contributed by atoms with Crippen molar-refractivity contribution in [2.45, 2.75) is 32.2 Å². The normalized spacial score (nSPS) is 20.3. The number of aromatic nitrogens is 4. The first kappa shape index (κ1) is 17.1. The maximum absolute atomic E-state index is 13.7.